The van der Waals surface area contributed by atoms with E-state index in [1.54, 1.807) is 0 Å². The normalized spacial score (nSPS) is 19.6. The molecule has 0 aliphatic heterocycles. The largest absolute Gasteiger partial charge is 0.491 e. The third kappa shape index (κ3) is 2.38. The summed E-state index contributed by atoms with van der Waals surface area (Å²) in [7, 11) is 0. The zero-order valence-electron chi connectivity index (χ0n) is 10.2. The summed E-state index contributed by atoms with van der Waals surface area (Å²) in [5.41, 5.74) is 0.268. The predicted molar refractivity (Wildman–Crippen MR) is 64.5 cm³/mol. The Morgan fingerprint density at radius 2 is 2.06 bits per heavy atom. The Labute approximate surface area is 97.3 Å². The van der Waals surface area contributed by atoms with Gasteiger partial charge in [0.25, 0.3) is 0 Å². The molecule has 2 heteroatoms. The van der Waals surface area contributed by atoms with Crippen molar-refractivity contribution in [3.63, 3.8) is 0 Å². The fraction of sp³-hybridized carbons (Fsp3) is 0.571. The van der Waals surface area contributed by atoms with Crippen LogP contribution >= 0.6 is 0 Å². The average Bonchev–Trinajstić information content (AvgIpc) is 3.00. The van der Waals surface area contributed by atoms with E-state index in [1.807, 2.05) is 45.0 Å². The molecule has 0 heterocycles. The quantitative estimate of drug-likeness (QED) is 0.845. The molecule has 2 nitrogen and oxygen atoms in total. The minimum atomic E-state index is -0.698. The number of benzene rings is 1. The van der Waals surface area contributed by atoms with Gasteiger partial charge in [-0.05, 0) is 57.2 Å². The lowest BCUT2D eigenvalue weighted by molar-refractivity contribution is 0.0327. The van der Waals surface area contributed by atoms with Gasteiger partial charge in [-0.3, -0.25) is 0 Å². The molecule has 1 N–H and O–H groups in total. The van der Waals surface area contributed by atoms with Crippen LogP contribution in [-0.4, -0.2) is 11.2 Å². The second-order valence-electron chi connectivity index (χ2n) is 5.12. The van der Waals surface area contributed by atoms with E-state index in [4.69, 9.17) is 4.74 Å². The van der Waals surface area contributed by atoms with Gasteiger partial charge < -0.3 is 9.84 Å². The van der Waals surface area contributed by atoms with Crippen molar-refractivity contribution in [1.29, 1.82) is 0 Å². The molecule has 2 rings (SSSR count). The standard InChI is InChI=1S/C14H20O2/c1-10(2)16-13-6-4-5-12(9-13)14(3,15)11-7-8-11/h4-6,9-11,15H,7-8H2,1-3H3/t14-/m0/s1. The van der Waals surface area contributed by atoms with E-state index >= 15 is 0 Å². The first kappa shape index (κ1) is 11.5. The number of hydrogen-bond donors (Lipinski definition) is 1. The second kappa shape index (κ2) is 4.10. The summed E-state index contributed by atoms with van der Waals surface area (Å²) in [5, 5.41) is 10.4. The highest BCUT2D eigenvalue weighted by Crippen LogP contribution is 2.45. The van der Waals surface area contributed by atoms with Crippen molar-refractivity contribution in [3.8, 4) is 5.75 Å². The van der Waals surface area contributed by atoms with Gasteiger partial charge in [0.1, 0.15) is 5.75 Å². The molecule has 1 aromatic rings. The van der Waals surface area contributed by atoms with E-state index in [1.165, 1.54) is 0 Å². The van der Waals surface area contributed by atoms with Gasteiger partial charge in [-0.2, -0.15) is 0 Å². The van der Waals surface area contributed by atoms with Gasteiger partial charge in [0, 0.05) is 0 Å². The maximum absolute atomic E-state index is 10.4. The van der Waals surface area contributed by atoms with E-state index < -0.39 is 5.60 Å². The molecule has 0 saturated heterocycles. The number of ether oxygens (including phenoxy) is 1. The summed E-state index contributed by atoms with van der Waals surface area (Å²) >= 11 is 0. The van der Waals surface area contributed by atoms with Crippen LogP contribution in [0.3, 0.4) is 0 Å². The van der Waals surface area contributed by atoms with Crippen molar-refractivity contribution in [1.82, 2.24) is 0 Å². The topological polar surface area (TPSA) is 29.5 Å². The van der Waals surface area contributed by atoms with Crippen molar-refractivity contribution in [2.75, 3.05) is 0 Å². The molecule has 16 heavy (non-hydrogen) atoms. The van der Waals surface area contributed by atoms with E-state index in [0.29, 0.717) is 5.92 Å². The first-order valence-electron chi connectivity index (χ1n) is 5.99. The zero-order valence-corrected chi connectivity index (χ0v) is 10.2. The summed E-state index contributed by atoms with van der Waals surface area (Å²) in [6.45, 7) is 5.91. The van der Waals surface area contributed by atoms with Gasteiger partial charge in [-0.25, -0.2) is 0 Å². The minimum Gasteiger partial charge on any atom is -0.491 e. The molecule has 0 spiro atoms. The Kier molecular flexibility index (Phi) is 2.94. The fourth-order valence-corrected chi connectivity index (χ4v) is 2.04. The van der Waals surface area contributed by atoms with Crippen LogP contribution in [0.5, 0.6) is 5.75 Å². The lowest BCUT2D eigenvalue weighted by Gasteiger charge is -2.24. The smallest absolute Gasteiger partial charge is 0.120 e. The van der Waals surface area contributed by atoms with Crippen molar-refractivity contribution in [3.05, 3.63) is 29.8 Å². The lowest BCUT2D eigenvalue weighted by Crippen LogP contribution is -2.23. The molecule has 1 aliphatic carbocycles. The van der Waals surface area contributed by atoms with Gasteiger partial charge in [0.15, 0.2) is 0 Å². The van der Waals surface area contributed by atoms with Crippen LogP contribution in [0.15, 0.2) is 24.3 Å². The highest BCUT2D eigenvalue weighted by atomic mass is 16.5. The van der Waals surface area contributed by atoms with Crippen molar-refractivity contribution in [2.45, 2.75) is 45.3 Å². The predicted octanol–water partition coefficient (Wildman–Crippen LogP) is 3.09. The van der Waals surface area contributed by atoms with Crippen molar-refractivity contribution in [2.24, 2.45) is 5.92 Å². The van der Waals surface area contributed by atoms with Crippen molar-refractivity contribution >= 4 is 0 Å². The zero-order chi connectivity index (χ0) is 11.8. The highest BCUT2D eigenvalue weighted by molar-refractivity contribution is 5.33. The molecule has 0 aromatic heterocycles. The van der Waals surface area contributed by atoms with E-state index in [-0.39, 0.29) is 6.10 Å². The Balaban J connectivity index is 2.21. The molecule has 1 atom stereocenters. The third-order valence-corrected chi connectivity index (χ3v) is 3.16. The van der Waals surface area contributed by atoms with E-state index in [2.05, 4.69) is 0 Å². The minimum absolute atomic E-state index is 0.168. The SMILES string of the molecule is CC(C)Oc1cccc([C@@](C)(O)C2CC2)c1. The maximum Gasteiger partial charge on any atom is 0.120 e. The van der Waals surface area contributed by atoms with E-state index in [9.17, 15) is 5.11 Å². The highest BCUT2D eigenvalue weighted by Gasteiger charge is 2.41. The van der Waals surface area contributed by atoms with Gasteiger partial charge >= 0.3 is 0 Å². The Hall–Kier alpha value is -1.02. The van der Waals surface area contributed by atoms with Crippen molar-refractivity contribution < 1.29 is 9.84 Å². The summed E-state index contributed by atoms with van der Waals surface area (Å²) < 4.78 is 5.64. The fourth-order valence-electron chi connectivity index (χ4n) is 2.04. The Morgan fingerprint density at radius 1 is 1.38 bits per heavy atom. The maximum atomic E-state index is 10.4. The molecule has 1 saturated carbocycles. The molecule has 0 bridgehead atoms. The molecular formula is C14H20O2. The Bertz CT molecular complexity index is 365. The van der Waals surface area contributed by atoms with Crippen LogP contribution in [0.1, 0.15) is 39.2 Å². The lowest BCUT2D eigenvalue weighted by atomic mass is 9.91. The van der Waals surface area contributed by atoms with Gasteiger partial charge in [0.05, 0.1) is 11.7 Å². The van der Waals surface area contributed by atoms with Crippen LogP contribution in [0.2, 0.25) is 0 Å². The van der Waals surface area contributed by atoms with Crippen LogP contribution < -0.4 is 4.74 Å². The summed E-state index contributed by atoms with van der Waals surface area (Å²) in [5.74, 6) is 1.26. The molecule has 1 aromatic carbocycles. The Morgan fingerprint density at radius 3 is 2.62 bits per heavy atom. The van der Waals surface area contributed by atoms with Crippen LogP contribution in [0.4, 0.5) is 0 Å². The van der Waals surface area contributed by atoms with Crippen LogP contribution in [-0.2, 0) is 5.60 Å². The number of rotatable bonds is 4. The monoisotopic (exact) mass is 220 g/mol. The molecule has 88 valence electrons. The average molecular weight is 220 g/mol. The molecule has 0 radical (unpaired) electrons. The van der Waals surface area contributed by atoms with Crippen LogP contribution in [0.25, 0.3) is 0 Å². The second-order valence-corrected chi connectivity index (χ2v) is 5.12. The van der Waals surface area contributed by atoms with Crippen LogP contribution in [0, 0.1) is 5.92 Å². The van der Waals surface area contributed by atoms with E-state index in [0.717, 1.165) is 24.2 Å². The molecule has 1 aliphatic rings. The third-order valence-electron chi connectivity index (χ3n) is 3.16. The number of hydrogen-bond acceptors (Lipinski definition) is 2. The summed E-state index contributed by atoms with van der Waals surface area (Å²) in [6, 6.07) is 7.82. The summed E-state index contributed by atoms with van der Waals surface area (Å²) in [6.07, 6.45) is 2.42. The van der Waals surface area contributed by atoms with Gasteiger partial charge in [-0.15, -0.1) is 0 Å². The molecule has 0 unspecified atom stereocenters. The first-order chi connectivity index (χ1) is 7.50. The molecule has 1 fully saturated rings. The van der Waals surface area contributed by atoms with Gasteiger partial charge in [-0.1, -0.05) is 12.1 Å². The first-order valence-corrected chi connectivity index (χ1v) is 5.99. The summed E-state index contributed by atoms with van der Waals surface area (Å²) in [4.78, 5) is 0. The molecule has 0 amide bonds. The van der Waals surface area contributed by atoms with Gasteiger partial charge in [0.2, 0.25) is 0 Å². The number of aliphatic hydroxyl groups is 1. The molecular weight excluding hydrogens is 200 g/mol.